The molecule has 1 N–H and O–H groups in total. The molecule has 0 fully saturated rings. The lowest BCUT2D eigenvalue weighted by molar-refractivity contribution is 0.171. The van der Waals surface area contributed by atoms with Crippen LogP contribution in [-0.4, -0.2) is 18.9 Å². The zero-order valence-corrected chi connectivity index (χ0v) is 8.92. The number of rotatable bonds is 3. The third-order valence-corrected chi connectivity index (χ3v) is 1.64. The molecule has 0 spiro atoms. The van der Waals surface area contributed by atoms with E-state index in [0.29, 0.717) is 11.8 Å². The molecule has 0 aromatic rings. The number of amides is 1. The molecule has 0 heterocycles. The summed E-state index contributed by atoms with van der Waals surface area (Å²) in [6, 6.07) is 0. The molecule has 0 saturated heterocycles. The molecule has 1 amide bonds. The quantitative estimate of drug-likeness (QED) is 0.541. The number of carbonyl (C=O) groups is 1. The number of nitrogens with one attached hydrogen (secondary N) is 1. The molecule has 76 valence electrons. The van der Waals surface area contributed by atoms with Crippen LogP contribution in [-0.2, 0) is 4.74 Å². The van der Waals surface area contributed by atoms with Crippen molar-refractivity contribution in [3.8, 4) is 0 Å². The van der Waals surface area contributed by atoms with Gasteiger partial charge in [-0.1, -0.05) is 27.7 Å². The largest absolute Gasteiger partial charge is 0.452 e. The van der Waals surface area contributed by atoms with E-state index < -0.39 is 6.09 Å². The maximum atomic E-state index is 10.7. The van der Waals surface area contributed by atoms with Crippen molar-refractivity contribution in [1.29, 1.82) is 0 Å². The highest BCUT2D eigenvalue weighted by atomic mass is 16.5. The number of hydrogen-bond acceptors (Lipinski definition) is 3. The van der Waals surface area contributed by atoms with Crippen molar-refractivity contribution in [2.75, 3.05) is 7.11 Å². The Morgan fingerprint density at radius 1 is 1.23 bits per heavy atom. The summed E-state index contributed by atoms with van der Waals surface area (Å²) in [5, 5.41) is 3.99. The first kappa shape index (κ1) is 11.9. The van der Waals surface area contributed by atoms with Gasteiger partial charge in [0.15, 0.2) is 0 Å². The van der Waals surface area contributed by atoms with Gasteiger partial charge in [-0.3, -0.25) is 0 Å². The molecular weight excluding hydrogens is 168 g/mol. The Bertz CT molecular complexity index is 188. The highest BCUT2D eigenvalue weighted by Gasteiger charge is 2.10. The van der Waals surface area contributed by atoms with Crippen LogP contribution >= 0.6 is 0 Å². The Morgan fingerprint density at radius 2 is 1.69 bits per heavy atom. The number of ether oxygens (including phenoxy) is 1. The third kappa shape index (κ3) is 4.50. The van der Waals surface area contributed by atoms with E-state index in [4.69, 9.17) is 0 Å². The summed E-state index contributed by atoms with van der Waals surface area (Å²) in [4.78, 5) is 10.7. The third-order valence-electron chi connectivity index (χ3n) is 1.64. The van der Waals surface area contributed by atoms with Gasteiger partial charge in [-0.25, -0.2) is 10.2 Å². The van der Waals surface area contributed by atoms with E-state index in [9.17, 15) is 4.79 Å². The highest BCUT2D eigenvalue weighted by molar-refractivity contribution is 5.88. The molecule has 0 aromatic carbocycles. The van der Waals surface area contributed by atoms with Gasteiger partial charge in [0, 0.05) is 5.71 Å². The van der Waals surface area contributed by atoms with Crippen molar-refractivity contribution in [1.82, 2.24) is 5.43 Å². The molecule has 13 heavy (non-hydrogen) atoms. The first-order valence-electron chi connectivity index (χ1n) is 4.40. The first-order chi connectivity index (χ1) is 5.99. The minimum Gasteiger partial charge on any atom is -0.452 e. The van der Waals surface area contributed by atoms with Gasteiger partial charge in [-0.2, -0.15) is 5.10 Å². The van der Waals surface area contributed by atoms with Gasteiger partial charge in [-0.05, 0) is 11.8 Å². The van der Waals surface area contributed by atoms with Crippen molar-refractivity contribution in [3.05, 3.63) is 0 Å². The van der Waals surface area contributed by atoms with Gasteiger partial charge in [0.25, 0.3) is 0 Å². The van der Waals surface area contributed by atoms with E-state index in [1.54, 1.807) is 0 Å². The molecule has 0 atom stereocenters. The smallest absolute Gasteiger partial charge is 0.427 e. The van der Waals surface area contributed by atoms with Crippen LogP contribution in [0.3, 0.4) is 0 Å². The highest BCUT2D eigenvalue weighted by Crippen LogP contribution is 2.06. The SMILES string of the molecule is COC(=O)NN=C(C(C)C)C(C)C. The molecule has 0 rings (SSSR count). The van der Waals surface area contributed by atoms with E-state index in [1.807, 2.05) is 27.7 Å². The van der Waals surface area contributed by atoms with E-state index in [1.165, 1.54) is 7.11 Å². The summed E-state index contributed by atoms with van der Waals surface area (Å²) in [7, 11) is 1.31. The minimum atomic E-state index is -0.529. The summed E-state index contributed by atoms with van der Waals surface area (Å²) in [5.41, 5.74) is 3.29. The molecule has 0 aliphatic rings. The van der Waals surface area contributed by atoms with E-state index in [0.717, 1.165) is 5.71 Å². The normalized spacial score (nSPS) is 10.1. The Labute approximate surface area is 79.3 Å². The second kappa shape index (κ2) is 5.56. The number of carbonyl (C=O) groups excluding carboxylic acids is 1. The van der Waals surface area contributed by atoms with Crippen LogP contribution in [0.25, 0.3) is 0 Å². The minimum absolute atomic E-state index is 0.331. The predicted octanol–water partition coefficient (Wildman–Crippen LogP) is 2.01. The summed E-state index contributed by atoms with van der Waals surface area (Å²) in [6.07, 6.45) is -0.529. The standard InChI is InChI=1S/C9H18N2O2/c1-6(2)8(7(3)4)10-11-9(12)13-5/h6-7H,1-5H3,(H,11,12). The van der Waals surface area contributed by atoms with E-state index >= 15 is 0 Å². The van der Waals surface area contributed by atoms with Gasteiger partial charge in [-0.15, -0.1) is 0 Å². The Hall–Kier alpha value is -1.06. The van der Waals surface area contributed by atoms with Gasteiger partial charge in [0.2, 0.25) is 0 Å². The van der Waals surface area contributed by atoms with Crippen LogP contribution in [0.1, 0.15) is 27.7 Å². The number of hydrazone groups is 1. The van der Waals surface area contributed by atoms with Crippen molar-refractivity contribution in [2.45, 2.75) is 27.7 Å². The fourth-order valence-corrected chi connectivity index (χ4v) is 1.08. The van der Waals surface area contributed by atoms with Gasteiger partial charge < -0.3 is 4.74 Å². The van der Waals surface area contributed by atoms with Crippen molar-refractivity contribution >= 4 is 11.8 Å². The summed E-state index contributed by atoms with van der Waals surface area (Å²) in [6.45, 7) is 8.16. The van der Waals surface area contributed by atoms with Crippen molar-refractivity contribution in [2.24, 2.45) is 16.9 Å². The average molecular weight is 186 g/mol. The lowest BCUT2D eigenvalue weighted by Gasteiger charge is -2.13. The number of nitrogens with zero attached hydrogens (tertiary/aromatic N) is 1. The molecule has 4 nitrogen and oxygen atoms in total. The summed E-state index contributed by atoms with van der Waals surface area (Å²) in [5.74, 6) is 0.661. The molecule has 0 saturated carbocycles. The summed E-state index contributed by atoms with van der Waals surface area (Å²) >= 11 is 0. The second-order valence-corrected chi connectivity index (χ2v) is 3.45. The Balaban J connectivity index is 4.29. The van der Waals surface area contributed by atoms with Gasteiger partial charge in [0.1, 0.15) is 0 Å². The average Bonchev–Trinajstić information content (AvgIpc) is 2.03. The molecule has 0 aliphatic carbocycles. The molecule has 4 heteroatoms. The molecule has 0 unspecified atom stereocenters. The van der Waals surface area contributed by atoms with Crippen LogP contribution in [0, 0.1) is 11.8 Å². The van der Waals surface area contributed by atoms with Crippen LogP contribution in [0.5, 0.6) is 0 Å². The maximum Gasteiger partial charge on any atom is 0.427 e. The van der Waals surface area contributed by atoms with Gasteiger partial charge >= 0.3 is 6.09 Å². The van der Waals surface area contributed by atoms with Crippen LogP contribution in [0.4, 0.5) is 4.79 Å². The topological polar surface area (TPSA) is 50.7 Å². The Kier molecular flexibility index (Phi) is 5.11. The molecule has 0 aliphatic heterocycles. The van der Waals surface area contributed by atoms with Crippen molar-refractivity contribution < 1.29 is 9.53 Å². The van der Waals surface area contributed by atoms with E-state index in [-0.39, 0.29) is 0 Å². The number of methoxy groups -OCH3 is 1. The van der Waals surface area contributed by atoms with E-state index in [2.05, 4.69) is 15.3 Å². The second-order valence-electron chi connectivity index (χ2n) is 3.45. The lowest BCUT2D eigenvalue weighted by atomic mass is 9.98. The fourth-order valence-electron chi connectivity index (χ4n) is 1.08. The molecule has 0 bridgehead atoms. The van der Waals surface area contributed by atoms with Crippen LogP contribution < -0.4 is 5.43 Å². The molecule has 0 aromatic heterocycles. The monoisotopic (exact) mass is 186 g/mol. The van der Waals surface area contributed by atoms with Crippen LogP contribution in [0.15, 0.2) is 5.10 Å². The lowest BCUT2D eigenvalue weighted by Crippen LogP contribution is -2.24. The van der Waals surface area contributed by atoms with Crippen molar-refractivity contribution in [3.63, 3.8) is 0 Å². The van der Waals surface area contributed by atoms with Gasteiger partial charge in [0.05, 0.1) is 7.11 Å². The predicted molar refractivity (Wildman–Crippen MR) is 52.7 cm³/mol. The fraction of sp³-hybridized carbons (Fsp3) is 0.778. The number of hydrogen-bond donors (Lipinski definition) is 1. The molecular formula is C9H18N2O2. The summed E-state index contributed by atoms with van der Waals surface area (Å²) < 4.78 is 4.40. The zero-order valence-electron chi connectivity index (χ0n) is 8.92. The maximum absolute atomic E-state index is 10.7. The molecule has 0 radical (unpaired) electrons. The van der Waals surface area contributed by atoms with Crippen LogP contribution in [0.2, 0.25) is 0 Å². The Morgan fingerprint density at radius 3 is 2.00 bits per heavy atom. The first-order valence-corrected chi connectivity index (χ1v) is 4.40. The zero-order chi connectivity index (χ0) is 10.4.